The van der Waals surface area contributed by atoms with Crippen molar-refractivity contribution in [3.63, 3.8) is 0 Å². The van der Waals surface area contributed by atoms with Gasteiger partial charge in [0.15, 0.2) is 0 Å². The topological polar surface area (TPSA) is 76.6 Å². The third-order valence-electron chi connectivity index (χ3n) is 4.60. The number of carbonyl (C=O) groups excluding carboxylic acids is 1. The Bertz CT molecular complexity index is 1140. The van der Waals surface area contributed by atoms with E-state index in [1.54, 1.807) is 35.2 Å². The van der Waals surface area contributed by atoms with E-state index in [2.05, 4.69) is 0 Å². The van der Waals surface area contributed by atoms with Gasteiger partial charge in [-0.05, 0) is 36.2 Å². The highest BCUT2D eigenvalue weighted by molar-refractivity contribution is 8.26. The Morgan fingerprint density at radius 1 is 1.07 bits per heavy atom. The molecule has 0 bridgehead atoms. The molecular formula is C22H16N2O4S2. The third kappa shape index (κ3) is 4.34. The van der Waals surface area contributed by atoms with E-state index < -0.39 is 4.92 Å². The standard InChI is InChI=1S/C22H16N2O4S2/c25-21-20(30-22(29)23(21)13-12-15-4-2-1-3-5-15)14-18-10-11-19(28-18)16-6-8-17(9-7-16)24(26)27/h1-11,14H,12-13H2/b20-14+. The van der Waals surface area contributed by atoms with E-state index >= 15 is 0 Å². The number of hydrogen-bond acceptors (Lipinski definition) is 6. The van der Waals surface area contributed by atoms with Crippen molar-refractivity contribution >= 4 is 46.0 Å². The van der Waals surface area contributed by atoms with Gasteiger partial charge >= 0.3 is 0 Å². The van der Waals surface area contributed by atoms with Crippen LogP contribution in [-0.2, 0) is 11.2 Å². The van der Waals surface area contributed by atoms with Crippen LogP contribution in [-0.4, -0.2) is 26.6 Å². The summed E-state index contributed by atoms with van der Waals surface area (Å²) in [5.41, 5.74) is 1.88. The minimum absolute atomic E-state index is 0.0182. The molecule has 4 rings (SSSR count). The summed E-state index contributed by atoms with van der Waals surface area (Å²) >= 11 is 6.64. The molecule has 150 valence electrons. The van der Waals surface area contributed by atoms with Crippen LogP contribution in [0.15, 0.2) is 76.1 Å². The van der Waals surface area contributed by atoms with Crippen molar-refractivity contribution in [2.75, 3.05) is 6.54 Å². The van der Waals surface area contributed by atoms with E-state index in [0.717, 1.165) is 17.5 Å². The van der Waals surface area contributed by atoms with Crippen LogP contribution in [0.3, 0.4) is 0 Å². The molecule has 3 aromatic rings. The zero-order chi connectivity index (χ0) is 21.1. The maximum Gasteiger partial charge on any atom is 0.269 e. The van der Waals surface area contributed by atoms with E-state index in [4.69, 9.17) is 16.6 Å². The molecule has 1 fully saturated rings. The van der Waals surface area contributed by atoms with Crippen molar-refractivity contribution in [3.8, 4) is 11.3 Å². The van der Waals surface area contributed by atoms with E-state index in [0.29, 0.717) is 27.3 Å². The largest absolute Gasteiger partial charge is 0.457 e. The molecular weight excluding hydrogens is 420 g/mol. The summed E-state index contributed by atoms with van der Waals surface area (Å²) in [7, 11) is 0. The lowest BCUT2D eigenvalue weighted by atomic mass is 10.1. The second-order valence-corrected chi connectivity index (χ2v) is 8.25. The lowest BCUT2D eigenvalue weighted by Gasteiger charge is -2.14. The Morgan fingerprint density at radius 3 is 2.50 bits per heavy atom. The second-order valence-electron chi connectivity index (χ2n) is 6.57. The summed E-state index contributed by atoms with van der Waals surface area (Å²) in [5, 5.41) is 10.8. The number of nitro groups is 1. The van der Waals surface area contributed by atoms with Crippen LogP contribution in [0.5, 0.6) is 0 Å². The van der Waals surface area contributed by atoms with Gasteiger partial charge in [0.05, 0.1) is 9.83 Å². The molecule has 30 heavy (non-hydrogen) atoms. The fraction of sp³-hybridized carbons (Fsp3) is 0.0909. The first-order valence-corrected chi connectivity index (χ1v) is 10.4. The van der Waals surface area contributed by atoms with Gasteiger partial charge in [-0.25, -0.2) is 0 Å². The first-order chi connectivity index (χ1) is 14.5. The third-order valence-corrected chi connectivity index (χ3v) is 5.98. The molecule has 0 aliphatic carbocycles. The smallest absolute Gasteiger partial charge is 0.269 e. The minimum Gasteiger partial charge on any atom is -0.457 e. The minimum atomic E-state index is -0.447. The number of carbonyl (C=O) groups is 1. The number of thioether (sulfide) groups is 1. The SMILES string of the molecule is O=C1/C(=C\c2ccc(-c3ccc([N+](=O)[O-])cc3)o2)SC(=S)N1CCc1ccccc1. The van der Waals surface area contributed by atoms with Crippen molar-refractivity contribution in [1.29, 1.82) is 0 Å². The van der Waals surface area contributed by atoms with Crippen LogP contribution >= 0.6 is 24.0 Å². The number of amides is 1. The van der Waals surface area contributed by atoms with Crippen LogP contribution in [0.2, 0.25) is 0 Å². The van der Waals surface area contributed by atoms with Gasteiger partial charge in [-0.1, -0.05) is 54.3 Å². The van der Waals surface area contributed by atoms with Crippen LogP contribution in [0, 0.1) is 10.1 Å². The summed E-state index contributed by atoms with van der Waals surface area (Å²) in [6.07, 6.45) is 2.41. The van der Waals surface area contributed by atoms with Gasteiger partial charge in [0.25, 0.3) is 11.6 Å². The number of hydrogen-bond donors (Lipinski definition) is 0. The summed E-state index contributed by atoms with van der Waals surface area (Å²) in [5.74, 6) is 0.955. The monoisotopic (exact) mass is 436 g/mol. The molecule has 0 spiro atoms. The number of nitro benzene ring substituents is 1. The molecule has 1 saturated heterocycles. The summed E-state index contributed by atoms with van der Waals surface area (Å²) in [6.45, 7) is 0.526. The van der Waals surface area contributed by atoms with Gasteiger partial charge in [0, 0.05) is 30.3 Å². The Hall–Kier alpha value is -3.23. The molecule has 2 aromatic carbocycles. The molecule has 0 unspecified atom stereocenters. The van der Waals surface area contributed by atoms with Crippen molar-refractivity contribution in [2.24, 2.45) is 0 Å². The van der Waals surface area contributed by atoms with Crippen molar-refractivity contribution in [2.45, 2.75) is 6.42 Å². The predicted molar refractivity (Wildman–Crippen MR) is 121 cm³/mol. The maximum atomic E-state index is 12.8. The van der Waals surface area contributed by atoms with E-state index in [1.807, 2.05) is 30.3 Å². The van der Waals surface area contributed by atoms with Gasteiger partial charge in [-0.15, -0.1) is 0 Å². The lowest BCUT2D eigenvalue weighted by Crippen LogP contribution is -2.30. The van der Waals surface area contributed by atoms with Crippen molar-refractivity contribution in [3.05, 3.63) is 93.1 Å². The Labute approximate surface area is 182 Å². The number of benzene rings is 2. The summed E-state index contributed by atoms with van der Waals surface area (Å²) < 4.78 is 6.34. The second kappa shape index (κ2) is 8.64. The van der Waals surface area contributed by atoms with Gasteiger partial charge in [-0.3, -0.25) is 19.8 Å². The lowest BCUT2D eigenvalue weighted by molar-refractivity contribution is -0.384. The molecule has 1 aromatic heterocycles. The molecule has 1 aliphatic heterocycles. The summed E-state index contributed by atoms with van der Waals surface area (Å²) in [4.78, 5) is 25.2. The molecule has 0 atom stereocenters. The van der Waals surface area contributed by atoms with Crippen molar-refractivity contribution in [1.82, 2.24) is 4.90 Å². The van der Waals surface area contributed by atoms with E-state index in [-0.39, 0.29) is 11.6 Å². The molecule has 0 saturated carbocycles. The summed E-state index contributed by atoms with van der Waals surface area (Å²) in [6, 6.07) is 19.6. The van der Waals surface area contributed by atoms with Gasteiger partial charge in [0.1, 0.15) is 15.8 Å². The highest BCUT2D eigenvalue weighted by Crippen LogP contribution is 2.34. The first-order valence-electron chi connectivity index (χ1n) is 9.15. The average molecular weight is 437 g/mol. The van der Waals surface area contributed by atoms with Crippen LogP contribution in [0.4, 0.5) is 5.69 Å². The fourth-order valence-electron chi connectivity index (χ4n) is 3.04. The molecule has 8 heteroatoms. The molecule has 2 heterocycles. The average Bonchev–Trinajstić information content (AvgIpc) is 3.32. The number of non-ortho nitro benzene ring substituents is 1. The van der Waals surface area contributed by atoms with E-state index in [9.17, 15) is 14.9 Å². The Balaban J connectivity index is 1.46. The number of rotatable bonds is 6. The quantitative estimate of drug-likeness (QED) is 0.226. The van der Waals surface area contributed by atoms with Gasteiger partial charge in [0.2, 0.25) is 0 Å². The first kappa shape index (κ1) is 20.1. The molecule has 1 amide bonds. The van der Waals surface area contributed by atoms with Gasteiger partial charge in [-0.2, -0.15) is 0 Å². The van der Waals surface area contributed by atoms with Crippen LogP contribution < -0.4 is 0 Å². The van der Waals surface area contributed by atoms with Crippen molar-refractivity contribution < 1.29 is 14.1 Å². The normalized spacial score (nSPS) is 15.2. The Morgan fingerprint density at radius 2 is 1.80 bits per heavy atom. The highest BCUT2D eigenvalue weighted by Gasteiger charge is 2.31. The zero-order valence-electron chi connectivity index (χ0n) is 15.7. The predicted octanol–water partition coefficient (Wildman–Crippen LogP) is 5.30. The maximum absolute atomic E-state index is 12.8. The van der Waals surface area contributed by atoms with Crippen LogP contribution in [0.25, 0.3) is 17.4 Å². The highest BCUT2D eigenvalue weighted by atomic mass is 32.2. The zero-order valence-corrected chi connectivity index (χ0v) is 17.3. The molecule has 1 aliphatic rings. The number of thiocarbonyl (C=S) groups is 1. The number of furan rings is 1. The van der Waals surface area contributed by atoms with Gasteiger partial charge < -0.3 is 4.42 Å². The fourth-order valence-corrected chi connectivity index (χ4v) is 4.33. The molecule has 0 radical (unpaired) electrons. The van der Waals surface area contributed by atoms with E-state index in [1.165, 1.54) is 23.9 Å². The van der Waals surface area contributed by atoms with Crippen LogP contribution in [0.1, 0.15) is 11.3 Å². The molecule has 6 nitrogen and oxygen atoms in total. The molecule has 0 N–H and O–H groups in total. The Kier molecular flexibility index (Phi) is 5.78. The number of nitrogens with zero attached hydrogens (tertiary/aromatic N) is 2.